The number of aryl methyl sites for hydroxylation is 1. The molecule has 1 aliphatic heterocycles. The molecule has 148 valence electrons. The second-order valence-corrected chi connectivity index (χ2v) is 7.82. The monoisotopic (exact) mass is 427 g/mol. The lowest BCUT2D eigenvalue weighted by Crippen LogP contribution is -2.29. The number of carbonyl (C=O) groups is 1. The van der Waals surface area contributed by atoms with Crippen LogP contribution in [0.15, 0.2) is 59.0 Å². The number of hydrogen-bond donors (Lipinski definition) is 0. The van der Waals surface area contributed by atoms with Crippen molar-refractivity contribution in [2.75, 3.05) is 6.54 Å². The minimum Gasteiger partial charge on any atom is -0.282 e. The Hall–Kier alpha value is -3.11. The maximum atomic E-state index is 12.7. The van der Waals surface area contributed by atoms with Crippen molar-refractivity contribution in [1.29, 1.82) is 0 Å². The van der Waals surface area contributed by atoms with Crippen LogP contribution >= 0.6 is 23.1 Å². The highest BCUT2D eigenvalue weighted by Crippen LogP contribution is 2.33. The molecule has 0 atom stereocenters. The maximum Gasteiger partial charge on any atom is 0.269 e. The highest BCUT2D eigenvalue weighted by atomic mass is 32.2. The molecular formula is C19H17N5O3S2. The van der Waals surface area contributed by atoms with Gasteiger partial charge in [0.2, 0.25) is 5.13 Å². The number of allylic oxidation sites excluding steroid dienone is 2. The Morgan fingerprint density at radius 1 is 1.31 bits per heavy atom. The first-order valence-electron chi connectivity index (χ1n) is 8.66. The van der Waals surface area contributed by atoms with Crippen LogP contribution in [0.25, 0.3) is 6.08 Å². The molecule has 29 heavy (non-hydrogen) atoms. The number of carbonyl (C=O) groups excluding carboxylic acids is 1. The summed E-state index contributed by atoms with van der Waals surface area (Å²) in [5.74, 6) is -0.165. The lowest BCUT2D eigenvalue weighted by Gasteiger charge is -2.11. The van der Waals surface area contributed by atoms with Gasteiger partial charge in [-0.1, -0.05) is 36.5 Å². The summed E-state index contributed by atoms with van der Waals surface area (Å²) in [6, 6.07) is 6.17. The van der Waals surface area contributed by atoms with Gasteiger partial charge in [-0.25, -0.2) is 0 Å². The van der Waals surface area contributed by atoms with Gasteiger partial charge in [0.25, 0.3) is 11.6 Å². The van der Waals surface area contributed by atoms with Crippen LogP contribution in [0.1, 0.15) is 17.5 Å². The third kappa shape index (κ3) is 5.04. The number of hydrogen-bond acceptors (Lipinski definition) is 8. The third-order valence-corrected chi connectivity index (χ3v) is 5.78. The number of nitro benzene ring substituents is 1. The van der Waals surface area contributed by atoms with Gasteiger partial charge in [0, 0.05) is 18.7 Å². The van der Waals surface area contributed by atoms with Gasteiger partial charge in [-0.15, -0.1) is 16.8 Å². The number of nitrogens with zero attached hydrogens (tertiary/aromatic N) is 5. The van der Waals surface area contributed by atoms with E-state index in [1.165, 1.54) is 40.1 Å². The lowest BCUT2D eigenvalue weighted by molar-refractivity contribution is -0.384. The number of amides is 1. The highest BCUT2D eigenvalue weighted by Gasteiger charge is 2.32. The number of aromatic nitrogens is 2. The molecule has 0 aliphatic carbocycles. The van der Waals surface area contributed by atoms with Crippen molar-refractivity contribution in [3.63, 3.8) is 0 Å². The Balaban J connectivity index is 1.79. The molecule has 8 nitrogen and oxygen atoms in total. The van der Waals surface area contributed by atoms with Gasteiger partial charge in [0.15, 0.2) is 5.17 Å². The standard InChI is InChI=1S/C19H17N5O3S2/c1-3-12-23-17(25)15(28-19(23)20-18-22-21-16(4-2)29-18)7-5-6-13-8-10-14(11-9-13)24(26)27/h3,5-11H,1,4,12H2,2H3/b6-5+,15-7-,20-19-. The number of benzene rings is 1. The molecule has 0 unspecified atom stereocenters. The Morgan fingerprint density at radius 2 is 2.07 bits per heavy atom. The van der Waals surface area contributed by atoms with E-state index in [9.17, 15) is 14.9 Å². The second kappa shape index (κ2) is 9.39. The summed E-state index contributed by atoms with van der Waals surface area (Å²) in [4.78, 5) is 29.5. The van der Waals surface area contributed by atoms with Gasteiger partial charge in [-0.2, -0.15) is 4.99 Å². The predicted molar refractivity (Wildman–Crippen MR) is 116 cm³/mol. The smallest absolute Gasteiger partial charge is 0.269 e. The summed E-state index contributed by atoms with van der Waals surface area (Å²) in [5, 5.41) is 20.7. The molecule has 3 rings (SSSR count). The molecule has 1 aliphatic rings. The van der Waals surface area contributed by atoms with Crippen molar-refractivity contribution in [3.05, 3.63) is 74.7 Å². The molecule has 1 fully saturated rings. The number of amidine groups is 1. The van der Waals surface area contributed by atoms with E-state index in [2.05, 4.69) is 21.8 Å². The van der Waals surface area contributed by atoms with Crippen molar-refractivity contribution >= 4 is 51.1 Å². The zero-order valence-electron chi connectivity index (χ0n) is 15.5. The fourth-order valence-corrected chi connectivity index (χ4v) is 4.01. The molecule has 1 amide bonds. The predicted octanol–water partition coefficient (Wildman–Crippen LogP) is 4.35. The zero-order valence-corrected chi connectivity index (χ0v) is 17.2. The quantitative estimate of drug-likeness (QED) is 0.282. The summed E-state index contributed by atoms with van der Waals surface area (Å²) in [6.45, 7) is 6.03. The molecule has 2 heterocycles. The Labute approximate surface area is 175 Å². The van der Waals surface area contributed by atoms with E-state index in [1.54, 1.807) is 36.4 Å². The fourth-order valence-electron chi connectivity index (χ4n) is 2.36. The average Bonchev–Trinajstić information content (AvgIpc) is 3.29. The van der Waals surface area contributed by atoms with E-state index < -0.39 is 4.92 Å². The van der Waals surface area contributed by atoms with Crippen molar-refractivity contribution in [2.24, 2.45) is 4.99 Å². The van der Waals surface area contributed by atoms with Gasteiger partial charge in [0.1, 0.15) is 5.01 Å². The van der Waals surface area contributed by atoms with Crippen molar-refractivity contribution in [3.8, 4) is 0 Å². The van der Waals surface area contributed by atoms with E-state index in [0.29, 0.717) is 21.7 Å². The van der Waals surface area contributed by atoms with E-state index in [-0.39, 0.29) is 11.6 Å². The lowest BCUT2D eigenvalue weighted by atomic mass is 10.2. The Morgan fingerprint density at radius 3 is 2.69 bits per heavy atom. The molecule has 10 heteroatoms. The van der Waals surface area contributed by atoms with Crippen molar-refractivity contribution in [1.82, 2.24) is 15.1 Å². The molecule has 1 aromatic carbocycles. The Bertz CT molecular complexity index is 1020. The van der Waals surface area contributed by atoms with Crippen LogP contribution in [0.4, 0.5) is 10.8 Å². The van der Waals surface area contributed by atoms with Gasteiger partial charge < -0.3 is 0 Å². The van der Waals surface area contributed by atoms with Crippen LogP contribution in [0, 0.1) is 10.1 Å². The topological polar surface area (TPSA) is 102 Å². The molecule has 1 saturated heterocycles. The fraction of sp³-hybridized carbons (Fsp3) is 0.158. The second-order valence-electron chi connectivity index (χ2n) is 5.77. The summed E-state index contributed by atoms with van der Waals surface area (Å²) in [5.41, 5.74) is 0.826. The molecule has 0 saturated carbocycles. The SMILES string of the molecule is C=CCN1C(=O)/C(=C/C=C/c2ccc([N+](=O)[O-])cc2)S/C1=N\c1nnc(CC)s1. The number of aliphatic imine (C=N–C) groups is 1. The van der Waals surface area contributed by atoms with Crippen LogP contribution in [0.5, 0.6) is 0 Å². The van der Waals surface area contributed by atoms with Gasteiger partial charge in [-0.3, -0.25) is 19.8 Å². The van der Waals surface area contributed by atoms with Gasteiger partial charge >= 0.3 is 0 Å². The normalized spacial score (nSPS) is 17.0. The number of nitro groups is 1. The van der Waals surface area contributed by atoms with Crippen LogP contribution in [-0.4, -0.2) is 37.6 Å². The largest absolute Gasteiger partial charge is 0.282 e. The van der Waals surface area contributed by atoms with Crippen LogP contribution in [-0.2, 0) is 11.2 Å². The molecule has 0 bridgehead atoms. The van der Waals surface area contributed by atoms with E-state index in [1.807, 2.05) is 6.92 Å². The summed E-state index contributed by atoms with van der Waals surface area (Å²) in [6.07, 6.45) is 7.63. The van der Waals surface area contributed by atoms with Gasteiger partial charge in [-0.05, 0) is 42.0 Å². The first-order valence-corrected chi connectivity index (χ1v) is 10.3. The zero-order chi connectivity index (χ0) is 20.8. The molecule has 1 aromatic heterocycles. The molecule has 2 aromatic rings. The summed E-state index contributed by atoms with van der Waals surface area (Å²) >= 11 is 2.65. The maximum absolute atomic E-state index is 12.7. The first kappa shape index (κ1) is 20.6. The number of rotatable bonds is 7. The average molecular weight is 428 g/mol. The molecule has 0 radical (unpaired) electrons. The third-order valence-electron chi connectivity index (χ3n) is 3.79. The number of thioether (sulfide) groups is 1. The summed E-state index contributed by atoms with van der Waals surface area (Å²) in [7, 11) is 0. The van der Waals surface area contributed by atoms with Crippen LogP contribution in [0.3, 0.4) is 0 Å². The molecule has 0 N–H and O–H groups in total. The molecular weight excluding hydrogens is 410 g/mol. The summed E-state index contributed by atoms with van der Waals surface area (Å²) < 4.78 is 0. The minimum absolute atomic E-state index is 0.0332. The van der Waals surface area contributed by atoms with Crippen LogP contribution < -0.4 is 0 Å². The highest BCUT2D eigenvalue weighted by molar-refractivity contribution is 8.18. The van der Waals surface area contributed by atoms with Crippen molar-refractivity contribution < 1.29 is 9.72 Å². The van der Waals surface area contributed by atoms with Crippen LogP contribution in [0.2, 0.25) is 0 Å². The Kier molecular flexibility index (Phi) is 6.68. The van der Waals surface area contributed by atoms with E-state index in [4.69, 9.17) is 0 Å². The number of non-ortho nitro benzene ring substituents is 1. The van der Waals surface area contributed by atoms with Gasteiger partial charge in [0.05, 0.1) is 9.83 Å². The van der Waals surface area contributed by atoms with Crippen molar-refractivity contribution in [2.45, 2.75) is 13.3 Å². The molecule has 0 spiro atoms. The van der Waals surface area contributed by atoms with E-state index >= 15 is 0 Å². The minimum atomic E-state index is -0.445. The first-order chi connectivity index (χ1) is 14.0. The van der Waals surface area contributed by atoms with E-state index in [0.717, 1.165) is 17.0 Å².